The number of hydrogen-bond acceptors (Lipinski definition) is 3. The van der Waals surface area contributed by atoms with E-state index in [4.69, 9.17) is 11.6 Å². The summed E-state index contributed by atoms with van der Waals surface area (Å²) in [6.45, 7) is 0. The molecule has 0 saturated heterocycles. The average Bonchev–Trinajstić information content (AvgIpc) is 2.55. The number of Topliss-reactive ketones (excluding diaryl/α,β-unsaturated/α-hetero) is 2. The molecular weight excluding hydrogens is 333 g/mol. The molecular formula is C18H15ClFNO3. The van der Waals surface area contributed by atoms with E-state index in [1.165, 1.54) is 12.1 Å². The van der Waals surface area contributed by atoms with Crippen molar-refractivity contribution in [3.8, 4) is 0 Å². The molecule has 0 atom stereocenters. The molecule has 0 saturated carbocycles. The number of halogens is 2. The van der Waals surface area contributed by atoms with E-state index in [2.05, 4.69) is 5.32 Å². The largest absolute Gasteiger partial charge is 0.326 e. The summed E-state index contributed by atoms with van der Waals surface area (Å²) in [6.07, 6.45) is -0.357. The highest BCUT2D eigenvalue weighted by Gasteiger charge is 2.13. The molecule has 0 aliphatic heterocycles. The second-order valence-electron chi connectivity index (χ2n) is 5.20. The Kier molecular flexibility index (Phi) is 6.21. The predicted octanol–water partition coefficient (Wildman–Crippen LogP) is 4.04. The van der Waals surface area contributed by atoms with Crippen LogP contribution in [-0.2, 0) is 9.59 Å². The number of benzene rings is 2. The number of carbonyl (C=O) groups is 3. The van der Waals surface area contributed by atoms with Crippen LogP contribution in [-0.4, -0.2) is 17.5 Å². The maximum absolute atomic E-state index is 12.8. The van der Waals surface area contributed by atoms with Gasteiger partial charge in [0.15, 0.2) is 5.78 Å². The number of hydrogen-bond donors (Lipinski definition) is 1. The molecule has 0 spiro atoms. The average molecular weight is 348 g/mol. The van der Waals surface area contributed by atoms with Gasteiger partial charge in [-0.05, 0) is 48.5 Å². The van der Waals surface area contributed by atoms with Crippen molar-refractivity contribution in [2.24, 2.45) is 0 Å². The van der Waals surface area contributed by atoms with Gasteiger partial charge < -0.3 is 5.32 Å². The molecule has 1 N–H and O–H groups in total. The standard InChI is InChI=1S/C18H15ClFNO3/c19-13-3-7-15(8-4-13)21-18(24)10-9-16(22)11-17(23)12-1-5-14(20)6-2-12/h1-8H,9-11H2,(H,21,24). The predicted molar refractivity (Wildman–Crippen MR) is 89.7 cm³/mol. The Balaban J connectivity index is 1.78. The van der Waals surface area contributed by atoms with Crippen LogP contribution in [0.3, 0.4) is 0 Å². The Labute approximate surface area is 143 Å². The quantitative estimate of drug-likeness (QED) is 0.607. The van der Waals surface area contributed by atoms with Gasteiger partial charge in [-0.25, -0.2) is 4.39 Å². The Hall–Kier alpha value is -2.53. The molecule has 24 heavy (non-hydrogen) atoms. The van der Waals surface area contributed by atoms with Gasteiger partial charge in [0.25, 0.3) is 0 Å². The van der Waals surface area contributed by atoms with Crippen molar-refractivity contribution in [2.75, 3.05) is 5.32 Å². The zero-order valence-electron chi connectivity index (χ0n) is 12.7. The molecule has 0 fully saturated rings. The molecule has 1 amide bonds. The molecule has 2 aromatic carbocycles. The van der Waals surface area contributed by atoms with Crippen molar-refractivity contribution >= 4 is 34.8 Å². The van der Waals surface area contributed by atoms with Crippen molar-refractivity contribution < 1.29 is 18.8 Å². The van der Waals surface area contributed by atoms with Gasteiger partial charge >= 0.3 is 0 Å². The van der Waals surface area contributed by atoms with E-state index in [-0.39, 0.29) is 36.5 Å². The first-order valence-corrected chi connectivity index (χ1v) is 7.68. The van der Waals surface area contributed by atoms with Crippen molar-refractivity contribution in [1.29, 1.82) is 0 Å². The minimum absolute atomic E-state index is 0.0157. The van der Waals surface area contributed by atoms with Crippen LogP contribution >= 0.6 is 11.6 Å². The van der Waals surface area contributed by atoms with Crippen LogP contribution in [0.5, 0.6) is 0 Å². The third-order valence-corrected chi connectivity index (χ3v) is 3.53. The zero-order valence-corrected chi connectivity index (χ0v) is 13.5. The molecule has 2 aromatic rings. The van der Waals surface area contributed by atoms with Gasteiger partial charge in [-0.15, -0.1) is 0 Å². The molecule has 6 heteroatoms. The van der Waals surface area contributed by atoms with Crippen LogP contribution in [0.4, 0.5) is 10.1 Å². The Bertz CT molecular complexity index is 742. The SMILES string of the molecule is O=C(CCC(=O)Nc1ccc(Cl)cc1)CC(=O)c1ccc(F)cc1. The lowest BCUT2D eigenvalue weighted by atomic mass is 10.0. The summed E-state index contributed by atoms with van der Waals surface area (Å²) in [5.41, 5.74) is 0.856. The lowest BCUT2D eigenvalue weighted by Crippen LogP contribution is -2.15. The van der Waals surface area contributed by atoms with Crippen molar-refractivity contribution in [3.63, 3.8) is 0 Å². The van der Waals surface area contributed by atoms with Gasteiger partial charge in [0, 0.05) is 29.1 Å². The molecule has 4 nitrogen and oxygen atoms in total. The molecule has 124 valence electrons. The second-order valence-corrected chi connectivity index (χ2v) is 5.64. The number of carbonyl (C=O) groups excluding carboxylic acids is 3. The maximum Gasteiger partial charge on any atom is 0.224 e. The van der Waals surface area contributed by atoms with Crippen LogP contribution in [0.25, 0.3) is 0 Å². The number of nitrogens with one attached hydrogen (secondary N) is 1. The molecule has 0 aliphatic rings. The highest BCUT2D eigenvalue weighted by Crippen LogP contribution is 2.14. The third-order valence-electron chi connectivity index (χ3n) is 3.28. The van der Waals surface area contributed by atoms with E-state index >= 15 is 0 Å². The number of amides is 1. The topological polar surface area (TPSA) is 63.2 Å². The van der Waals surface area contributed by atoms with Crippen molar-refractivity contribution in [2.45, 2.75) is 19.3 Å². The van der Waals surface area contributed by atoms with E-state index in [0.29, 0.717) is 10.7 Å². The fourth-order valence-electron chi connectivity index (χ4n) is 2.01. The van der Waals surface area contributed by atoms with Gasteiger partial charge in [-0.1, -0.05) is 11.6 Å². The van der Waals surface area contributed by atoms with Crippen LogP contribution in [0.2, 0.25) is 5.02 Å². The fourth-order valence-corrected chi connectivity index (χ4v) is 2.14. The van der Waals surface area contributed by atoms with Crippen LogP contribution < -0.4 is 5.32 Å². The summed E-state index contributed by atoms with van der Waals surface area (Å²) in [5, 5.41) is 3.20. The first-order valence-electron chi connectivity index (χ1n) is 7.30. The summed E-state index contributed by atoms with van der Waals surface area (Å²) >= 11 is 5.75. The zero-order chi connectivity index (χ0) is 17.5. The maximum atomic E-state index is 12.8. The Morgan fingerprint density at radius 3 is 2.17 bits per heavy atom. The molecule has 0 bridgehead atoms. The van der Waals surface area contributed by atoms with Crippen molar-refractivity contribution in [3.05, 3.63) is 64.9 Å². The number of anilines is 1. The third kappa shape index (κ3) is 5.59. The molecule has 0 heterocycles. The summed E-state index contributed by atoms with van der Waals surface area (Å²) in [4.78, 5) is 35.5. The number of ketones is 2. The van der Waals surface area contributed by atoms with Gasteiger partial charge in [-0.3, -0.25) is 14.4 Å². The lowest BCUT2D eigenvalue weighted by Gasteiger charge is -2.05. The Morgan fingerprint density at radius 1 is 0.917 bits per heavy atom. The van der Waals surface area contributed by atoms with Crippen LogP contribution in [0.1, 0.15) is 29.6 Å². The monoisotopic (exact) mass is 347 g/mol. The van der Waals surface area contributed by atoms with E-state index in [0.717, 1.165) is 12.1 Å². The van der Waals surface area contributed by atoms with E-state index < -0.39 is 11.6 Å². The molecule has 0 aliphatic carbocycles. The van der Waals surface area contributed by atoms with E-state index in [9.17, 15) is 18.8 Å². The smallest absolute Gasteiger partial charge is 0.224 e. The highest BCUT2D eigenvalue weighted by atomic mass is 35.5. The summed E-state index contributed by atoms with van der Waals surface area (Å²) in [7, 11) is 0. The van der Waals surface area contributed by atoms with Gasteiger partial charge in [0.2, 0.25) is 5.91 Å². The van der Waals surface area contributed by atoms with Gasteiger partial charge in [-0.2, -0.15) is 0 Å². The van der Waals surface area contributed by atoms with Crippen LogP contribution in [0.15, 0.2) is 48.5 Å². The first kappa shape index (κ1) is 17.8. The molecule has 2 rings (SSSR count). The molecule has 0 radical (unpaired) electrons. The molecule has 0 aromatic heterocycles. The summed E-state index contributed by atoms with van der Waals surface area (Å²) in [6, 6.07) is 11.6. The fraction of sp³-hybridized carbons (Fsp3) is 0.167. The van der Waals surface area contributed by atoms with Gasteiger partial charge in [0.05, 0.1) is 6.42 Å². The first-order chi connectivity index (χ1) is 11.4. The molecule has 0 unspecified atom stereocenters. The summed E-state index contributed by atoms with van der Waals surface area (Å²) in [5.74, 6) is -1.50. The second kappa shape index (κ2) is 8.36. The highest BCUT2D eigenvalue weighted by molar-refractivity contribution is 6.30. The van der Waals surface area contributed by atoms with Crippen molar-refractivity contribution in [1.82, 2.24) is 0 Å². The Morgan fingerprint density at radius 2 is 1.54 bits per heavy atom. The number of rotatable bonds is 7. The normalized spacial score (nSPS) is 10.2. The minimum atomic E-state index is -0.447. The lowest BCUT2D eigenvalue weighted by molar-refractivity contribution is -0.122. The summed E-state index contributed by atoms with van der Waals surface area (Å²) < 4.78 is 12.8. The van der Waals surface area contributed by atoms with Gasteiger partial charge in [0.1, 0.15) is 11.6 Å². The van der Waals surface area contributed by atoms with E-state index in [1.807, 2.05) is 0 Å². The van der Waals surface area contributed by atoms with Crippen LogP contribution in [0, 0.1) is 5.82 Å². The van der Waals surface area contributed by atoms with E-state index in [1.54, 1.807) is 24.3 Å². The minimum Gasteiger partial charge on any atom is -0.326 e.